The predicted molar refractivity (Wildman–Crippen MR) is 80.4 cm³/mol. The third-order valence-electron chi connectivity index (χ3n) is 4.45. The topological polar surface area (TPSA) is 50.9 Å². The van der Waals surface area contributed by atoms with Crippen LogP contribution in [0.1, 0.15) is 65.1 Å². The van der Waals surface area contributed by atoms with E-state index in [0.29, 0.717) is 12.3 Å². The van der Waals surface area contributed by atoms with E-state index in [1.54, 1.807) is 6.33 Å². The van der Waals surface area contributed by atoms with Crippen LogP contribution >= 0.6 is 0 Å². The summed E-state index contributed by atoms with van der Waals surface area (Å²) in [5.74, 6) is 2.30. The lowest BCUT2D eigenvalue weighted by Crippen LogP contribution is -2.37. The zero-order chi connectivity index (χ0) is 14.6. The maximum Gasteiger partial charge on any atom is 0.138 e. The Morgan fingerprint density at radius 1 is 1.40 bits per heavy atom. The van der Waals surface area contributed by atoms with Gasteiger partial charge in [-0.25, -0.2) is 9.67 Å². The fraction of sp³-hybridized carbons (Fsp3) is 0.875. The first-order valence-electron chi connectivity index (χ1n) is 8.11. The van der Waals surface area contributed by atoms with Gasteiger partial charge in [-0.05, 0) is 37.5 Å². The molecule has 4 heteroatoms. The molecule has 1 fully saturated rings. The lowest BCUT2D eigenvalue weighted by molar-refractivity contribution is -0.0123. The van der Waals surface area contributed by atoms with Crippen LogP contribution in [-0.4, -0.2) is 25.5 Å². The number of aromatic nitrogens is 3. The van der Waals surface area contributed by atoms with Crippen molar-refractivity contribution in [2.24, 2.45) is 11.8 Å². The average Bonchev–Trinajstić information content (AvgIpc) is 2.79. The number of nitrogens with zero attached hydrogens (tertiary/aromatic N) is 3. The Hall–Kier alpha value is -0.900. The number of hydrogen-bond acceptors (Lipinski definition) is 3. The van der Waals surface area contributed by atoms with E-state index in [2.05, 4.69) is 30.9 Å². The van der Waals surface area contributed by atoms with Crippen molar-refractivity contribution < 1.29 is 5.11 Å². The smallest absolute Gasteiger partial charge is 0.138 e. The van der Waals surface area contributed by atoms with Gasteiger partial charge in [-0.2, -0.15) is 5.10 Å². The minimum Gasteiger partial charge on any atom is -0.389 e. The van der Waals surface area contributed by atoms with Crippen molar-refractivity contribution in [2.45, 2.75) is 77.9 Å². The molecule has 114 valence electrons. The molecular formula is C16H29N3O. The van der Waals surface area contributed by atoms with E-state index < -0.39 is 5.60 Å². The highest BCUT2D eigenvalue weighted by Crippen LogP contribution is 2.36. The molecule has 1 aromatic rings. The van der Waals surface area contributed by atoms with Crippen molar-refractivity contribution in [1.29, 1.82) is 0 Å². The normalized spacial score (nSPS) is 27.1. The average molecular weight is 279 g/mol. The molecule has 0 aliphatic heterocycles. The second kappa shape index (κ2) is 6.70. The Morgan fingerprint density at radius 2 is 2.10 bits per heavy atom. The first-order chi connectivity index (χ1) is 9.52. The van der Waals surface area contributed by atoms with Crippen molar-refractivity contribution in [2.75, 3.05) is 0 Å². The number of rotatable bonds is 6. The van der Waals surface area contributed by atoms with Crippen molar-refractivity contribution in [3.63, 3.8) is 0 Å². The first-order valence-corrected chi connectivity index (χ1v) is 8.11. The molecule has 0 bridgehead atoms. The largest absolute Gasteiger partial charge is 0.389 e. The summed E-state index contributed by atoms with van der Waals surface area (Å²) in [5.41, 5.74) is -0.563. The molecule has 4 nitrogen and oxygen atoms in total. The summed E-state index contributed by atoms with van der Waals surface area (Å²) in [7, 11) is 0. The van der Waals surface area contributed by atoms with Gasteiger partial charge in [0.05, 0.1) is 5.60 Å². The molecule has 0 spiro atoms. The minimum atomic E-state index is -0.563. The zero-order valence-electron chi connectivity index (χ0n) is 13.2. The summed E-state index contributed by atoms with van der Waals surface area (Å²) in [6.07, 6.45) is 8.96. The molecular weight excluding hydrogens is 250 g/mol. The summed E-state index contributed by atoms with van der Waals surface area (Å²) < 4.78 is 1.96. The zero-order valence-corrected chi connectivity index (χ0v) is 13.2. The molecule has 0 atom stereocenters. The van der Waals surface area contributed by atoms with Gasteiger partial charge in [-0.1, -0.05) is 33.6 Å². The maximum absolute atomic E-state index is 10.8. The lowest BCUT2D eigenvalue weighted by atomic mass is 9.75. The number of hydrogen-bond donors (Lipinski definition) is 1. The summed E-state index contributed by atoms with van der Waals surface area (Å²) >= 11 is 0. The van der Waals surface area contributed by atoms with Gasteiger partial charge < -0.3 is 5.11 Å². The fourth-order valence-corrected chi connectivity index (χ4v) is 3.31. The van der Waals surface area contributed by atoms with Crippen LogP contribution in [0.5, 0.6) is 0 Å². The molecule has 20 heavy (non-hydrogen) atoms. The maximum atomic E-state index is 10.8. The fourth-order valence-electron chi connectivity index (χ4n) is 3.31. The van der Waals surface area contributed by atoms with Crippen LogP contribution in [-0.2, 0) is 13.0 Å². The summed E-state index contributed by atoms with van der Waals surface area (Å²) in [6, 6.07) is 0. The molecule has 1 heterocycles. The van der Waals surface area contributed by atoms with E-state index >= 15 is 0 Å². The second-order valence-electron chi connectivity index (χ2n) is 6.89. The van der Waals surface area contributed by atoms with Crippen LogP contribution in [0.2, 0.25) is 0 Å². The van der Waals surface area contributed by atoms with E-state index in [0.717, 1.165) is 44.0 Å². The molecule has 1 N–H and O–H groups in total. The third kappa shape index (κ3) is 4.05. The standard InChI is InChI=1S/C16H29N3O/c1-4-5-14-6-8-16(20,9-7-14)10-15-17-12-18-19(15)11-13(2)3/h12-14,20H,4-11H2,1-3H3. The lowest BCUT2D eigenvalue weighted by Gasteiger charge is -2.35. The molecule has 0 aromatic carbocycles. The highest BCUT2D eigenvalue weighted by atomic mass is 16.3. The van der Waals surface area contributed by atoms with Crippen molar-refractivity contribution >= 4 is 0 Å². The molecule has 1 saturated carbocycles. The summed E-state index contributed by atoms with van der Waals surface area (Å²) in [5, 5.41) is 15.1. The van der Waals surface area contributed by atoms with Crippen LogP contribution in [0.25, 0.3) is 0 Å². The van der Waals surface area contributed by atoms with E-state index in [-0.39, 0.29) is 0 Å². The van der Waals surface area contributed by atoms with E-state index in [9.17, 15) is 5.11 Å². The first kappa shape index (κ1) is 15.5. The van der Waals surface area contributed by atoms with Crippen LogP contribution in [0.3, 0.4) is 0 Å². The third-order valence-corrected chi connectivity index (χ3v) is 4.45. The molecule has 0 saturated heterocycles. The van der Waals surface area contributed by atoms with Gasteiger partial charge in [0, 0.05) is 13.0 Å². The van der Waals surface area contributed by atoms with Crippen LogP contribution in [0.15, 0.2) is 6.33 Å². The van der Waals surface area contributed by atoms with Gasteiger partial charge in [-0.3, -0.25) is 0 Å². The minimum absolute atomic E-state index is 0.547. The molecule has 1 aliphatic carbocycles. The summed E-state index contributed by atoms with van der Waals surface area (Å²) in [6.45, 7) is 7.48. The van der Waals surface area contributed by atoms with Gasteiger partial charge in [0.2, 0.25) is 0 Å². The van der Waals surface area contributed by atoms with Gasteiger partial charge in [0.25, 0.3) is 0 Å². The Balaban J connectivity index is 1.94. The summed E-state index contributed by atoms with van der Waals surface area (Å²) in [4.78, 5) is 4.36. The highest BCUT2D eigenvalue weighted by Gasteiger charge is 2.34. The molecule has 2 rings (SSSR count). The molecule has 0 amide bonds. The van der Waals surface area contributed by atoms with Crippen molar-refractivity contribution in [1.82, 2.24) is 14.8 Å². The van der Waals surface area contributed by atoms with E-state index in [4.69, 9.17) is 0 Å². The van der Waals surface area contributed by atoms with Crippen LogP contribution in [0, 0.1) is 11.8 Å². The van der Waals surface area contributed by atoms with E-state index in [1.807, 2.05) is 4.68 Å². The van der Waals surface area contributed by atoms with Gasteiger partial charge in [0.15, 0.2) is 0 Å². The quantitative estimate of drug-likeness (QED) is 0.870. The molecule has 0 radical (unpaired) electrons. The monoisotopic (exact) mass is 279 g/mol. The molecule has 1 aliphatic rings. The van der Waals surface area contributed by atoms with Gasteiger partial charge in [-0.15, -0.1) is 0 Å². The predicted octanol–water partition coefficient (Wildman–Crippen LogP) is 3.20. The van der Waals surface area contributed by atoms with Gasteiger partial charge in [0.1, 0.15) is 12.2 Å². The number of aliphatic hydroxyl groups is 1. The van der Waals surface area contributed by atoms with Crippen LogP contribution < -0.4 is 0 Å². The Bertz CT molecular complexity index is 406. The van der Waals surface area contributed by atoms with Crippen molar-refractivity contribution in [3.05, 3.63) is 12.2 Å². The SMILES string of the molecule is CCCC1CCC(O)(Cc2ncnn2CC(C)C)CC1. The molecule has 0 unspecified atom stereocenters. The van der Waals surface area contributed by atoms with Gasteiger partial charge >= 0.3 is 0 Å². The van der Waals surface area contributed by atoms with Crippen molar-refractivity contribution in [3.8, 4) is 0 Å². The highest BCUT2D eigenvalue weighted by molar-refractivity contribution is 4.97. The van der Waals surface area contributed by atoms with Crippen LogP contribution in [0.4, 0.5) is 0 Å². The molecule has 1 aromatic heterocycles. The van der Waals surface area contributed by atoms with E-state index in [1.165, 1.54) is 12.8 Å². The Morgan fingerprint density at radius 3 is 2.70 bits per heavy atom. The Kier molecular flexibility index (Phi) is 5.19. The Labute approximate surface area is 122 Å². The second-order valence-corrected chi connectivity index (χ2v) is 6.89.